The van der Waals surface area contributed by atoms with Gasteiger partial charge in [0.15, 0.2) is 0 Å². The molecule has 1 amide bonds. The molecular weight excluding hydrogens is 348 g/mol. The average Bonchev–Trinajstić information content (AvgIpc) is 2.67. The van der Waals surface area contributed by atoms with E-state index in [-0.39, 0.29) is 16.9 Å². The lowest BCUT2D eigenvalue weighted by Gasteiger charge is -2.10. The summed E-state index contributed by atoms with van der Waals surface area (Å²) in [7, 11) is 1.34. The van der Waals surface area contributed by atoms with Crippen LogP contribution >= 0.6 is 0 Å². The van der Waals surface area contributed by atoms with Gasteiger partial charge in [0, 0.05) is 11.3 Å². The summed E-state index contributed by atoms with van der Waals surface area (Å²) >= 11 is 0. The first-order valence-corrected chi connectivity index (χ1v) is 8.04. The molecule has 2 rings (SSSR count). The molecule has 0 aromatic heterocycles. The lowest BCUT2D eigenvalue weighted by atomic mass is 10.1. The van der Waals surface area contributed by atoms with E-state index in [1.807, 2.05) is 13.0 Å². The lowest BCUT2D eigenvalue weighted by Crippen LogP contribution is -2.23. The van der Waals surface area contributed by atoms with Gasteiger partial charge in [0.25, 0.3) is 5.91 Å². The van der Waals surface area contributed by atoms with Crippen LogP contribution in [0.1, 0.15) is 22.8 Å². The first-order valence-electron chi connectivity index (χ1n) is 8.04. The molecule has 0 fully saturated rings. The van der Waals surface area contributed by atoms with Crippen LogP contribution in [-0.2, 0) is 4.79 Å². The summed E-state index contributed by atoms with van der Waals surface area (Å²) in [6.45, 7) is 2.40. The van der Waals surface area contributed by atoms with Gasteiger partial charge in [-0.1, -0.05) is 6.07 Å². The van der Waals surface area contributed by atoms with Crippen molar-refractivity contribution in [3.8, 4) is 17.6 Å². The highest BCUT2D eigenvalue weighted by Gasteiger charge is 2.11. The Kier molecular flexibility index (Phi) is 6.55. The quantitative estimate of drug-likeness (QED) is 0.593. The topological polar surface area (TPSA) is 111 Å². The number of methoxy groups -OCH3 is 1. The summed E-state index contributed by atoms with van der Waals surface area (Å²) in [5.74, 6) is -1.24. The second-order valence-corrected chi connectivity index (χ2v) is 5.33. The monoisotopic (exact) mass is 365 g/mol. The molecule has 0 aliphatic rings. The van der Waals surface area contributed by atoms with Crippen LogP contribution in [0.25, 0.3) is 6.08 Å². The van der Waals surface area contributed by atoms with Crippen molar-refractivity contribution in [2.75, 3.05) is 19.0 Å². The predicted molar refractivity (Wildman–Crippen MR) is 97.2 cm³/mol. The molecule has 0 aliphatic heterocycles. The number of amides is 1. The van der Waals surface area contributed by atoms with Crippen LogP contribution in [0.5, 0.6) is 11.5 Å². The van der Waals surface area contributed by atoms with E-state index < -0.39 is 11.9 Å². The normalized spacial score (nSPS) is 10.6. The maximum Gasteiger partial charge on any atom is 0.266 e. The minimum Gasteiger partial charge on any atom is -0.545 e. The number of rotatable bonds is 7. The van der Waals surface area contributed by atoms with Crippen LogP contribution in [0.2, 0.25) is 0 Å². The molecule has 0 unspecified atom stereocenters. The van der Waals surface area contributed by atoms with Gasteiger partial charge in [-0.3, -0.25) is 4.79 Å². The lowest BCUT2D eigenvalue weighted by molar-refractivity contribution is -0.255. The molecule has 2 aromatic rings. The van der Waals surface area contributed by atoms with Gasteiger partial charge in [0.05, 0.1) is 19.7 Å². The molecule has 1 N–H and O–H groups in total. The molecule has 0 spiro atoms. The fourth-order valence-corrected chi connectivity index (χ4v) is 2.29. The Bertz CT molecular complexity index is 911. The number of carboxylic acids is 1. The SMILES string of the molecule is CCOc1ccc(NC(=O)/C(C#N)=C\c2ccc(OC)c(C(=O)[O-])c2)cc1. The van der Waals surface area contributed by atoms with E-state index in [0.717, 1.165) is 0 Å². The van der Waals surface area contributed by atoms with Crippen LogP contribution in [0.15, 0.2) is 48.0 Å². The smallest absolute Gasteiger partial charge is 0.266 e. The van der Waals surface area contributed by atoms with E-state index in [1.165, 1.54) is 31.4 Å². The Labute approximate surface area is 156 Å². The van der Waals surface area contributed by atoms with Gasteiger partial charge in [-0.15, -0.1) is 0 Å². The number of aromatic carboxylic acids is 1. The fraction of sp³-hybridized carbons (Fsp3) is 0.150. The summed E-state index contributed by atoms with van der Waals surface area (Å²) in [6.07, 6.45) is 1.29. The summed E-state index contributed by atoms with van der Waals surface area (Å²) in [6, 6.07) is 12.7. The van der Waals surface area contributed by atoms with E-state index in [4.69, 9.17) is 9.47 Å². The number of nitrogens with zero attached hydrogens (tertiary/aromatic N) is 1. The molecule has 2 aromatic carbocycles. The Balaban J connectivity index is 2.22. The zero-order chi connectivity index (χ0) is 19.8. The number of hydrogen-bond donors (Lipinski definition) is 1. The zero-order valence-corrected chi connectivity index (χ0v) is 14.8. The number of benzene rings is 2. The van der Waals surface area contributed by atoms with Crippen molar-refractivity contribution in [2.45, 2.75) is 6.92 Å². The standard InChI is InChI=1S/C20H18N2O5/c1-3-27-16-7-5-15(6-8-16)22-19(23)14(12-21)10-13-4-9-18(26-2)17(11-13)20(24)25/h4-11H,3H2,1-2H3,(H,22,23)(H,24,25)/p-1/b14-10-. The Morgan fingerprint density at radius 1 is 1.22 bits per heavy atom. The molecule has 7 heteroatoms. The Hall–Kier alpha value is -3.79. The number of carbonyl (C=O) groups excluding carboxylic acids is 2. The summed E-state index contributed by atoms with van der Waals surface area (Å²) < 4.78 is 10.3. The van der Waals surface area contributed by atoms with Gasteiger partial charge in [-0.05, 0) is 55.0 Å². The molecule has 0 heterocycles. The average molecular weight is 365 g/mol. The van der Waals surface area contributed by atoms with Crippen molar-refractivity contribution in [3.63, 3.8) is 0 Å². The summed E-state index contributed by atoms with van der Waals surface area (Å²) in [4.78, 5) is 23.5. The van der Waals surface area contributed by atoms with Crippen LogP contribution in [-0.4, -0.2) is 25.6 Å². The second-order valence-electron chi connectivity index (χ2n) is 5.33. The maximum absolute atomic E-state index is 12.3. The first kappa shape index (κ1) is 19.5. The molecule has 0 saturated carbocycles. The molecule has 0 saturated heterocycles. The maximum atomic E-state index is 12.3. The summed E-state index contributed by atoms with van der Waals surface area (Å²) in [5, 5.41) is 23.1. The van der Waals surface area contributed by atoms with Gasteiger partial charge in [-0.25, -0.2) is 0 Å². The Morgan fingerprint density at radius 2 is 1.93 bits per heavy atom. The highest BCUT2D eigenvalue weighted by Crippen LogP contribution is 2.21. The molecule has 0 aliphatic carbocycles. The van der Waals surface area contributed by atoms with Crippen molar-refractivity contribution in [2.24, 2.45) is 0 Å². The molecular formula is C20H17N2O5-. The molecule has 27 heavy (non-hydrogen) atoms. The number of carboxylic acid groups (broad SMARTS) is 1. The summed E-state index contributed by atoms with van der Waals surface area (Å²) in [5.41, 5.74) is 0.497. The molecule has 0 bridgehead atoms. The van der Waals surface area contributed by atoms with E-state index >= 15 is 0 Å². The van der Waals surface area contributed by atoms with E-state index in [0.29, 0.717) is 23.6 Å². The zero-order valence-electron chi connectivity index (χ0n) is 14.8. The third-order valence-electron chi connectivity index (χ3n) is 3.54. The van der Waals surface area contributed by atoms with Gasteiger partial charge < -0.3 is 24.7 Å². The van der Waals surface area contributed by atoms with E-state index in [2.05, 4.69) is 5.32 Å². The number of anilines is 1. The van der Waals surface area contributed by atoms with E-state index in [1.54, 1.807) is 24.3 Å². The van der Waals surface area contributed by atoms with Crippen LogP contribution in [0, 0.1) is 11.3 Å². The van der Waals surface area contributed by atoms with Crippen molar-refractivity contribution in [1.29, 1.82) is 5.26 Å². The van der Waals surface area contributed by atoms with Gasteiger partial charge in [0.2, 0.25) is 0 Å². The number of carbonyl (C=O) groups is 2. The van der Waals surface area contributed by atoms with Crippen molar-refractivity contribution in [1.82, 2.24) is 0 Å². The predicted octanol–water partition coefficient (Wildman–Crippen LogP) is 2.00. The largest absolute Gasteiger partial charge is 0.545 e. The third kappa shape index (κ3) is 5.09. The number of hydrogen-bond acceptors (Lipinski definition) is 6. The molecule has 138 valence electrons. The fourth-order valence-electron chi connectivity index (χ4n) is 2.29. The molecule has 0 atom stereocenters. The second kappa shape index (κ2) is 9.06. The van der Waals surface area contributed by atoms with Crippen LogP contribution in [0.4, 0.5) is 5.69 Å². The van der Waals surface area contributed by atoms with Crippen molar-refractivity contribution >= 4 is 23.6 Å². The number of ether oxygens (including phenoxy) is 2. The van der Waals surface area contributed by atoms with Crippen LogP contribution in [0.3, 0.4) is 0 Å². The number of nitriles is 1. The highest BCUT2D eigenvalue weighted by molar-refractivity contribution is 6.09. The minimum absolute atomic E-state index is 0.129. The van der Waals surface area contributed by atoms with E-state index in [9.17, 15) is 20.0 Å². The molecule has 7 nitrogen and oxygen atoms in total. The van der Waals surface area contributed by atoms with Gasteiger partial charge in [0.1, 0.15) is 23.1 Å². The van der Waals surface area contributed by atoms with Crippen molar-refractivity contribution in [3.05, 3.63) is 59.2 Å². The van der Waals surface area contributed by atoms with Gasteiger partial charge >= 0.3 is 0 Å². The Morgan fingerprint density at radius 3 is 2.48 bits per heavy atom. The molecule has 0 radical (unpaired) electrons. The first-order chi connectivity index (χ1) is 13.0. The minimum atomic E-state index is -1.42. The highest BCUT2D eigenvalue weighted by atomic mass is 16.5. The van der Waals surface area contributed by atoms with Gasteiger partial charge in [-0.2, -0.15) is 5.26 Å². The number of nitrogens with one attached hydrogen (secondary N) is 1. The third-order valence-corrected chi connectivity index (χ3v) is 3.54. The van der Waals surface area contributed by atoms with Crippen molar-refractivity contribution < 1.29 is 24.2 Å². The van der Waals surface area contributed by atoms with Crippen LogP contribution < -0.4 is 19.9 Å².